The SMILES string of the molecule is O=C(O)CC[C@H](NC(=O)N[C@@H](CCCCNC(=O)CCO)C(=O)O)C(=O)O. The van der Waals surface area contributed by atoms with Crippen LogP contribution in [0.5, 0.6) is 0 Å². The van der Waals surface area contributed by atoms with Gasteiger partial charge >= 0.3 is 23.9 Å². The molecule has 3 amide bonds. The van der Waals surface area contributed by atoms with Crippen LogP contribution in [0.15, 0.2) is 0 Å². The van der Waals surface area contributed by atoms with Gasteiger partial charge in [-0.05, 0) is 25.7 Å². The smallest absolute Gasteiger partial charge is 0.326 e. The Balaban J connectivity index is 4.36. The van der Waals surface area contributed by atoms with E-state index in [1.807, 2.05) is 5.32 Å². The van der Waals surface area contributed by atoms with E-state index < -0.39 is 42.4 Å². The first-order valence-electron chi connectivity index (χ1n) is 8.29. The molecule has 12 nitrogen and oxygen atoms in total. The number of aliphatic carboxylic acids is 3. The van der Waals surface area contributed by atoms with Crippen LogP contribution in [0.25, 0.3) is 0 Å². The molecule has 0 aliphatic rings. The second-order valence-corrected chi connectivity index (χ2v) is 5.65. The van der Waals surface area contributed by atoms with Crippen LogP contribution in [0.1, 0.15) is 38.5 Å². The monoisotopic (exact) mass is 391 g/mol. The fourth-order valence-electron chi connectivity index (χ4n) is 2.03. The number of hydrogen-bond donors (Lipinski definition) is 7. The summed E-state index contributed by atoms with van der Waals surface area (Å²) < 4.78 is 0. The van der Waals surface area contributed by atoms with Gasteiger partial charge in [-0.25, -0.2) is 14.4 Å². The molecule has 0 aromatic heterocycles. The summed E-state index contributed by atoms with van der Waals surface area (Å²) in [5, 5.41) is 41.9. The van der Waals surface area contributed by atoms with Gasteiger partial charge in [-0.2, -0.15) is 0 Å². The lowest BCUT2D eigenvalue weighted by Gasteiger charge is -2.18. The van der Waals surface area contributed by atoms with Crippen molar-refractivity contribution in [3.05, 3.63) is 0 Å². The van der Waals surface area contributed by atoms with Crippen LogP contribution in [0.4, 0.5) is 4.79 Å². The second kappa shape index (κ2) is 13.3. The van der Waals surface area contributed by atoms with E-state index in [-0.39, 0.29) is 38.3 Å². The van der Waals surface area contributed by atoms with E-state index in [0.717, 1.165) is 0 Å². The average molecular weight is 391 g/mol. The van der Waals surface area contributed by atoms with Gasteiger partial charge in [0.1, 0.15) is 12.1 Å². The summed E-state index contributed by atoms with van der Waals surface area (Å²) in [6.07, 6.45) is 0.0151. The Kier molecular flexibility index (Phi) is 11.9. The molecule has 2 atom stereocenters. The largest absolute Gasteiger partial charge is 0.481 e. The number of rotatable bonds is 14. The number of carbonyl (C=O) groups excluding carboxylic acids is 2. The molecule has 7 N–H and O–H groups in total. The van der Waals surface area contributed by atoms with Crippen molar-refractivity contribution in [3.63, 3.8) is 0 Å². The van der Waals surface area contributed by atoms with E-state index >= 15 is 0 Å². The Morgan fingerprint density at radius 2 is 1.33 bits per heavy atom. The maximum Gasteiger partial charge on any atom is 0.326 e. The molecule has 0 aromatic rings. The quantitative estimate of drug-likeness (QED) is 0.176. The van der Waals surface area contributed by atoms with Crippen molar-refractivity contribution in [2.45, 2.75) is 50.6 Å². The Bertz CT molecular complexity index is 539. The average Bonchev–Trinajstić information content (AvgIpc) is 2.56. The molecule has 12 heteroatoms. The molecule has 154 valence electrons. The molecule has 0 heterocycles. The third kappa shape index (κ3) is 12.2. The molecule has 0 saturated heterocycles. The molecule has 0 radical (unpaired) electrons. The summed E-state index contributed by atoms with van der Waals surface area (Å²) in [7, 11) is 0. The minimum atomic E-state index is -1.46. The lowest BCUT2D eigenvalue weighted by atomic mass is 10.1. The van der Waals surface area contributed by atoms with E-state index in [1.54, 1.807) is 0 Å². The van der Waals surface area contributed by atoms with Crippen molar-refractivity contribution >= 4 is 29.8 Å². The first-order chi connectivity index (χ1) is 12.7. The van der Waals surface area contributed by atoms with Crippen LogP contribution in [0.3, 0.4) is 0 Å². The second-order valence-electron chi connectivity index (χ2n) is 5.65. The predicted molar refractivity (Wildman–Crippen MR) is 89.9 cm³/mol. The highest BCUT2D eigenvalue weighted by Crippen LogP contribution is 2.03. The number of amides is 3. The van der Waals surface area contributed by atoms with Crippen LogP contribution in [-0.4, -0.2) is 75.5 Å². The zero-order valence-electron chi connectivity index (χ0n) is 14.6. The molecule has 0 aliphatic heterocycles. The first kappa shape index (κ1) is 24.1. The van der Waals surface area contributed by atoms with Gasteiger partial charge < -0.3 is 36.4 Å². The zero-order valence-corrected chi connectivity index (χ0v) is 14.6. The van der Waals surface area contributed by atoms with Crippen molar-refractivity contribution in [1.29, 1.82) is 0 Å². The predicted octanol–water partition coefficient (Wildman–Crippen LogP) is -1.27. The summed E-state index contributed by atoms with van der Waals surface area (Å²) in [4.78, 5) is 55.6. The number of carbonyl (C=O) groups is 5. The van der Waals surface area contributed by atoms with Gasteiger partial charge in [-0.1, -0.05) is 0 Å². The number of carboxylic acid groups (broad SMARTS) is 3. The summed E-state index contributed by atoms with van der Waals surface area (Å²) >= 11 is 0. The van der Waals surface area contributed by atoms with Crippen LogP contribution in [0.2, 0.25) is 0 Å². The Hall–Kier alpha value is -2.89. The van der Waals surface area contributed by atoms with E-state index in [1.165, 1.54) is 0 Å². The molecule has 27 heavy (non-hydrogen) atoms. The van der Waals surface area contributed by atoms with Gasteiger partial charge in [0.2, 0.25) is 5.91 Å². The Labute approximate surface area is 154 Å². The fourth-order valence-corrected chi connectivity index (χ4v) is 2.03. The number of nitrogens with one attached hydrogen (secondary N) is 3. The van der Waals surface area contributed by atoms with Crippen LogP contribution in [0, 0.1) is 0 Å². The molecular weight excluding hydrogens is 366 g/mol. The molecular formula is C15H25N3O9. The number of carboxylic acids is 3. The molecule has 0 fully saturated rings. The summed E-state index contributed by atoms with van der Waals surface area (Å²) in [5.41, 5.74) is 0. The third-order valence-electron chi connectivity index (χ3n) is 3.43. The molecule has 0 bridgehead atoms. The highest BCUT2D eigenvalue weighted by Gasteiger charge is 2.24. The standard InChI is InChI=1S/C15H25N3O9/c19-8-6-11(20)16-7-2-1-3-9(13(23)24)17-15(27)18-10(14(25)26)4-5-12(21)22/h9-10,19H,1-8H2,(H,16,20)(H,21,22)(H,23,24)(H,25,26)(H2,17,18,27)/t9-,10-/m0/s1. The summed E-state index contributed by atoms with van der Waals surface area (Å²) in [5.74, 6) is -4.30. The van der Waals surface area contributed by atoms with Gasteiger partial charge in [0.15, 0.2) is 0 Å². The maximum absolute atomic E-state index is 11.8. The van der Waals surface area contributed by atoms with E-state index in [4.69, 9.17) is 20.4 Å². The molecule has 0 saturated carbocycles. The van der Waals surface area contributed by atoms with Gasteiger partial charge in [-0.3, -0.25) is 9.59 Å². The van der Waals surface area contributed by atoms with Crippen molar-refractivity contribution in [2.75, 3.05) is 13.2 Å². The number of unbranched alkanes of at least 4 members (excludes halogenated alkanes) is 1. The highest BCUT2D eigenvalue weighted by molar-refractivity contribution is 5.86. The van der Waals surface area contributed by atoms with Gasteiger partial charge in [0, 0.05) is 19.4 Å². The zero-order chi connectivity index (χ0) is 20.8. The van der Waals surface area contributed by atoms with Gasteiger partial charge in [0.25, 0.3) is 0 Å². The van der Waals surface area contributed by atoms with Crippen LogP contribution in [-0.2, 0) is 19.2 Å². The van der Waals surface area contributed by atoms with Gasteiger partial charge in [0.05, 0.1) is 6.61 Å². The summed E-state index contributed by atoms with van der Waals surface area (Å²) in [6.45, 7) is 0.0173. The fraction of sp³-hybridized carbons (Fsp3) is 0.667. The third-order valence-corrected chi connectivity index (χ3v) is 3.43. The minimum Gasteiger partial charge on any atom is -0.481 e. The van der Waals surface area contributed by atoms with E-state index in [0.29, 0.717) is 12.8 Å². The van der Waals surface area contributed by atoms with Crippen LogP contribution >= 0.6 is 0 Å². The highest BCUT2D eigenvalue weighted by atomic mass is 16.4. The molecule has 0 spiro atoms. The van der Waals surface area contributed by atoms with Crippen molar-refractivity contribution in [1.82, 2.24) is 16.0 Å². The number of urea groups is 1. The molecule has 0 aliphatic carbocycles. The lowest BCUT2D eigenvalue weighted by Crippen LogP contribution is -2.51. The van der Waals surface area contributed by atoms with Crippen LogP contribution < -0.4 is 16.0 Å². The lowest BCUT2D eigenvalue weighted by molar-refractivity contribution is -0.140. The number of hydrogen-bond acceptors (Lipinski definition) is 6. The normalized spacial score (nSPS) is 12.5. The maximum atomic E-state index is 11.8. The van der Waals surface area contributed by atoms with E-state index in [2.05, 4.69) is 10.6 Å². The topological polar surface area (TPSA) is 202 Å². The number of aliphatic hydroxyl groups excluding tert-OH is 1. The Morgan fingerprint density at radius 1 is 0.778 bits per heavy atom. The van der Waals surface area contributed by atoms with Crippen molar-refractivity contribution in [3.8, 4) is 0 Å². The molecule has 0 rings (SSSR count). The molecule has 0 unspecified atom stereocenters. The van der Waals surface area contributed by atoms with E-state index in [9.17, 15) is 24.0 Å². The first-order valence-corrected chi connectivity index (χ1v) is 8.29. The van der Waals surface area contributed by atoms with Crippen molar-refractivity contribution in [2.24, 2.45) is 0 Å². The Morgan fingerprint density at radius 3 is 1.81 bits per heavy atom. The number of aliphatic hydroxyl groups is 1. The van der Waals surface area contributed by atoms with Gasteiger partial charge in [-0.15, -0.1) is 0 Å². The minimum absolute atomic E-state index is 0.0217. The van der Waals surface area contributed by atoms with Crippen molar-refractivity contribution < 1.29 is 44.4 Å². The molecule has 0 aromatic carbocycles. The summed E-state index contributed by atoms with van der Waals surface area (Å²) in [6, 6.07) is -3.76.